The SMILES string of the molecule is CCCCCC.CCC[N-]c1ccccc1C1=[NH+]C(C)(C)CO1.CCC[N-]c1ccccc1C1=[NH+]C(C)(C)CO1.CCC[N-]c1ccccc1C1=[NH+]C(C)(C)CO1.CCC[N-]c1ccccc1C1=[NH+]C(C)(C)CO1.[Mg+2].[Mg+2]. The van der Waals surface area contributed by atoms with Crippen LogP contribution >= 0.6 is 0 Å². The van der Waals surface area contributed by atoms with Crippen molar-refractivity contribution in [3.05, 3.63) is 141 Å². The quantitative estimate of drug-likeness (QED) is 0.0549. The van der Waals surface area contributed by atoms with Gasteiger partial charge in [0.05, 0.1) is 22.3 Å². The first-order valence-corrected chi connectivity index (χ1v) is 27.6. The zero-order valence-electron chi connectivity index (χ0n) is 49.4. The van der Waals surface area contributed by atoms with Gasteiger partial charge in [-0.15, -0.1) is 48.9 Å². The normalized spacial score (nSPS) is 16.3. The number of unbranched alkanes of at least 4 members (excludes halogenated alkanes) is 3. The second-order valence-corrected chi connectivity index (χ2v) is 21.8. The maximum absolute atomic E-state index is 5.72. The number of nitrogens with one attached hydrogen (secondary N) is 4. The van der Waals surface area contributed by atoms with E-state index in [-0.39, 0.29) is 68.3 Å². The van der Waals surface area contributed by atoms with E-state index < -0.39 is 0 Å². The monoisotopic (exact) mass is 1060 g/mol. The fraction of sp³-hybridized carbons (Fsp3) is 0.548. The summed E-state index contributed by atoms with van der Waals surface area (Å²) in [6, 6.07) is 32.5. The molecule has 0 aliphatic carbocycles. The zero-order valence-corrected chi connectivity index (χ0v) is 52.2. The number of hydrogen-bond acceptors (Lipinski definition) is 4. The first-order chi connectivity index (χ1) is 35.4. The van der Waals surface area contributed by atoms with Crippen molar-refractivity contribution in [3.63, 3.8) is 0 Å². The van der Waals surface area contributed by atoms with Crippen LogP contribution in [0.3, 0.4) is 0 Å². The molecule has 0 aromatic heterocycles. The molecular weight excluding hydrogens is 969 g/mol. The van der Waals surface area contributed by atoms with Gasteiger partial charge in [-0.1, -0.05) is 166 Å². The van der Waals surface area contributed by atoms with Crippen LogP contribution < -0.4 is 20.0 Å². The molecular formula is C62H94Mg2N8O4+4. The third kappa shape index (κ3) is 23.2. The molecule has 4 aliphatic heterocycles. The summed E-state index contributed by atoms with van der Waals surface area (Å²) >= 11 is 0. The van der Waals surface area contributed by atoms with E-state index >= 15 is 0 Å². The van der Waals surface area contributed by atoms with E-state index in [9.17, 15) is 0 Å². The molecule has 0 radical (unpaired) electrons. The fourth-order valence-electron chi connectivity index (χ4n) is 7.75. The molecule has 0 unspecified atom stereocenters. The Bertz CT molecular complexity index is 2100. The van der Waals surface area contributed by atoms with E-state index in [1.165, 1.54) is 25.7 Å². The van der Waals surface area contributed by atoms with E-state index in [1.807, 2.05) is 72.8 Å². The Kier molecular flexibility index (Phi) is 30.6. The summed E-state index contributed by atoms with van der Waals surface area (Å²) in [4.78, 5) is 13.6. The molecule has 4 aromatic carbocycles. The fourth-order valence-corrected chi connectivity index (χ4v) is 7.75. The van der Waals surface area contributed by atoms with Crippen molar-refractivity contribution < 1.29 is 38.9 Å². The summed E-state index contributed by atoms with van der Waals surface area (Å²) in [5.74, 6) is 3.41. The predicted molar refractivity (Wildman–Crippen MR) is 320 cm³/mol. The number of para-hydroxylation sites is 4. The molecule has 4 aromatic rings. The van der Waals surface area contributed by atoms with Gasteiger partial charge in [0.2, 0.25) is 0 Å². The van der Waals surface area contributed by atoms with Crippen LogP contribution in [0.4, 0.5) is 22.7 Å². The van der Waals surface area contributed by atoms with Gasteiger partial charge in [-0.3, -0.25) is 0 Å². The van der Waals surface area contributed by atoms with E-state index in [2.05, 4.69) is 162 Å². The molecule has 8 rings (SSSR count). The van der Waals surface area contributed by atoms with Crippen molar-refractivity contribution >= 4 is 92.4 Å². The van der Waals surface area contributed by atoms with E-state index in [4.69, 9.17) is 18.9 Å². The predicted octanol–water partition coefficient (Wildman–Crippen LogP) is 8.78. The number of hydrogen-bond donors (Lipinski definition) is 4. The molecule has 0 bridgehead atoms. The van der Waals surface area contributed by atoms with Gasteiger partial charge in [0.1, 0.15) is 0 Å². The van der Waals surface area contributed by atoms with Crippen molar-refractivity contribution in [3.8, 4) is 0 Å². The van der Waals surface area contributed by atoms with Crippen LogP contribution in [-0.4, -0.2) is 144 Å². The largest absolute Gasteiger partial charge is 2.00 e. The molecule has 406 valence electrons. The first kappa shape index (κ1) is 67.6. The van der Waals surface area contributed by atoms with E-state index in [1.54, 1.807) is 0 Å². The van der Waals surface area contributed by atoms with Crippen LogP contribution in [0.25, 0.3) is 21.3 Å². The molecule has 12 nitrogen and oxygen atoms in total. The van der Waals surface area contributed by atoms with E-state index in [0.717, 1.165) is 120 Å². The van der Waals surface area contributed by atoms with Crippen LogP contribution in [-0.2, 0) is 18.9 Å². The number of rotatable bonds is 19. The summed E-state index contributed by atoms with van der Waals surface area (Å²) in [6.45, 7) is 36.3. The van der Waals surface area contributed by atoms with Crippen molar-refractivity contribution in [2.24, 2.45) is 0 Å². The van der Waals surface area contributed by atoms with Gasteiger partial charge in [-0.25, -0.2) is 20.0 Å². The second kappa shape index (κ2) is 34.4. The molecule has 0 atom stereocenters. The molecule has 76 heavy (non-hydrogen) atoms. The standard InChI is InChI=1S/4C14H19N2O.C6H14.2Mg/c4*1-4-9-15-12-8-6-5-7-11(12)13-16-14(2,3)10-17-13;1-3-5-6-4-2;;/h4*5-8H,4,9-10H2,1-3H3;3-6H2,1-2H3;;/q4*-1;;2*+2/p+4. The van der Waals surface area contributed by atoms with Gasteiger partial charge in [0.15, 0.2) is 48.6 Å². The van der Waals surface area contributed by atoms with Crippen molar-refractivity contribution in [1.82, 2.24) is 0 Å². The number of benzene rings is 4. The Morgan fingerprint density at radius 3 is 0.684 bits per heavy atom. The van der Waals surface area contributed by atoms with Crippen LogP contribution in [0.15, 0.2) is 97.1 Å². The van der Waals surface area contributed by atoms with Gasteiger partial charge in [-0.2, -0.15) is 0 Å². The maximum Gasteiger partial charge on any atom is 2.00 e. The summed E-state index contributed by atoms with van der Waals surface area (Å²) in [5, 5.41) is 18.3. The Morgan fingerprint density at radius 2 is 0.526 bits per heavy atom. The van der Waals surface area contributed by atoms with Crippen molar-refractivity contribution in [2.75, 3.05) is 52.6 Å². The molecule has 0 fully saturated rings. The Labute approximate surface area is 491 Å². The Morgan fingerprint density at radius 1 is 0.329 bits per heavy atom. The molecule has 0 saturated heterocycles. The molecule has 14 heteroatoms. The molecule has 0 spiro atoms. The minimum Gasteiger partial charge on any atom is -0.684 e. The van der Waals surface area contributed by atoms with Crippen LogP contribution in [0.2, 0.25) is 0 Å². The molecule has 0 saturated carbocycles. The molecule has 4 N–H and O–H groups in total. The van der Waals surface area contributed by atoms with Gasteiger partial charge in [-0.05, 0) is 24.3 Å². The number of nitrogens with zero attached hydrogens (tertiary/aromatic N) is 4. The number of ether oxygens (including phenoxy) is 4. The van der Waals surface area contributed by atoms with Gasteiger partial charge >= 0.3 is 69.7 Å². The van der Waals surface area contributed by atoms with Gasteiger partial charge in [0.25, 0.3) is 0 Å². The third-order valence-corrected chi connectivity index (χ3v) is 11.7. The minimum absolute atomic E-state index is 0. The summed E-state index contributed by atoms with van der Waals surface area (Å²) in [6.07, 6.45) is 9.77. The maximum atomic E-state index is 5.72. The zero-order chi connectivity index (χ0) is 54.0. The van der Waals surface area contributed by atoms with E-state index in [0.29, 0.717) is 26.4 Å². The molecule has 4 aliphatic rings. The Hall–Kier alpha value is -4.51. The topological polar surface area (TPSA) is 149 Å². The van der Waals surface area contributed by atoms with Crippen LogP contribution in [0.1, 0.15) is 171 Å². The van der Waals surface area contributed by atoms with Crippen LogP contribution in [0, 0.1) is 0 Å². The minimum atomic E-state index is 0. The average molecular weight is 1060 g/mol. The molecule has 4 heterocycles. The summed E-state index contributed by atoms with van der Waals surface area (Å²) in [5.41, 5.74) is 8.31. The smallest absolute Gasteiger partial charge is 0.684 e. The second-order valence-electron chi connectivity index (χ2n) is 21.8. The van der Waals surface area contributed by atoms with Gasteiger partial charge in [0, 0.05) is 55.4 Å². The van der Waals surface area contributed by atoms with Crippen LogP contribution in [0.5, 0.6) is 0 Å². The average Bonchev–Trinajstić information content (AvgIpc) is 4.17. The third-order valence-electron chi connectivity index (χ3n) is 11.7. The Balaban J connectivity index is 0.000000332. The first-order valence-electron chi connectivity index (χ1n) is 27.6. The summed E-state index contributed by atoms with van der Waals surface area (Å²) < 4.78 is 22.9. The van der Waals surface area contributed by atoms with Gasteiger partial charge < -0.3 is 40.2 Å². The molecule has 0 amide bonds. The van der Waals surface area contributed by atoms with Crippen molar-refractivity contribution in [2.45, 2.75) is 170 Å². The summed E-state index contributed by atoms with van der Waals surface area (Å²) in [7, 11) is 0. The van der Waals surface area contributed by atoms with Crippen molar-refractivity contribution in [1.29, 1.82) is 0 Å².